The second kappa shape index (κ2) is 4.47. The maximum absolute atomic E-state index is 12.0. The number of carbonyl (C=O) groups excluding carboxylic acids is 1. The third-order valence-electron chi connectivity index (χ3n) is 7.57. The molecule has 1 spiro atoms. The monoisotopic (exact) mass is 336 g/mol. The van der Waals surface area contributed by atoms with Gasteiger partial charge < -0.3 is 15.7 Å². The van der Waals surface area contributed by atoms with Gasteiger partial charge in [-0.15, -0.1) is 0 Å². The van der Waals surface area contributed by atoms with Gasteiger partial charge in [-0.3, -0.25) is 0 Å². The maximum Gasteiger partial charge on any atom is 0.315 e. The molecule has 1 aliphatic heterocycles. The molecule has 2 amide bonds. The highest BCUT2D eigenvalue weighted by atomic mass is 16.3. The fraction of sp³-hybridized carbons (Fsp3) is 0.571. The van der Waals surface area contributed by atoms with Crippen LogP contribution in [-0.4, -0.2) is 28.8 Å². The van der Waals surface area contributed by atoms with Crippen LogP contribution in [0.15, 0.2) is 24.3 Å². The summed E-state index contributed by atoms with van der Waals surface area (Å²) in [4.78, 5) is 12.0. The number of nitrogens with one attached hydrogen (secondary N) is 2. The van der Waals surface area contributed by atoms with Crippen molar-refractivity contribution in [3.05, 3.63) is 34.7 Å². The van der Waals surface area contributed by atoms with Gasteiger partial charge in [-0.05, 0) is 77.9 Å². The topological polar surface area (TPSA) is 61.4 Å². The molecule has 5 aliphatic carbocycles. The van der Waals surface area contributed by atoms with Crippen LogP contribution < -0.4 is 21.1 Å². The first-order valence-electron chi connectivity index (χ1n) is 9.66. The van der Waals surface area contributed by atoms with Gasteiger partial charge in [0.05, 0.1) is 12.1 Å². The first-order chi connectivity index (χ1) is 12.1. The standard InChI is InChI=1S/C21H24N2O2/c24-19-22-11-21(23-19)10-13-3-1-2-4-16(13)18(21)17-14-5-12-6-15(17)9-20(25,7-12)8-14/h1-4,10,12,14-15,17,25H,5-9,11H2,(H2,22,23,24). The molecule has 5 fully saturated rings. The minimum Gasteiger partial charge on any atom is -0.390 e. The van der Waals surface area contributed by atoms with Crippen LogP contribution in [-0.2, 0) is 0 Å². The van der Waals surface area contributed by atoms with E-state index in [9.17, 15) is 9.90 Å². The number of hydrogen-bond acceptors (Lipinski definition) is 2. The van der Waals surface area contributed by atoms with Crippen molar-refractivity contribution in [1.82, 2.24) is 10.6 Å². The van der Waals surface area contributed by atoms with E-state index in [1.165, 1.54) is 28.9 Å². The van der Waals surface area contributed by atoms with Gasteiger partial charge >= 0.3 is 6.03 Å². The highest BCUT2D eigenvalue weighted by Gasteiger charge is 2.58. The summed E-state index contributed by atoms with van der Waals surface area (Å²) in [7, 11) is 0. The highest BCUT2D eigenvalue weighted by molar-refractivity contribution is 5.89. The molecule has 130 valence electrons. The molecule has 0 aromatic heterocycles. The molecule has 25 heavy (non-hydrogen) atoms. The third kappa shape index (κ3) is 1.84. The van der Waals surface area contributed by atoms with Gasteiger partial charge in [0.15, 0.2) is 0 Å². The van der Waals surface area contributed by atoms with E-state index in [0.717, 1.165) is 19.3 Å². The zero-order valence-corrected chi connectivity index (χ0v) is 14.3. The molecule has 4 nitrogen and oxygen atoms in total. The lowest BCUT2D eigenvalue weighted by Gasteiger charge is -2.59. The number of aliphatic hydroxyl groups is 1. The van der Waals surface area contributed by atoms with Crippen molar-refractivity contribution in [2.45, 2.75) is 43.2 Å². The van der Waals surface area contributed by atoms with E-state index in [4.69, 9.17) is 0 Å². The summed E-state index contributed by atoms with van der Waals surface area (Å²) in [6.45, 7) is 0.638. The largest absolute Gasteiger partial charge is 0.390 e. The zero-order valence-electron chi connectivity index (χ0n) is 14.3. The summed E-state index contributed by atoms with van der Waals surface area (Å²) in [6.07, 6.45) is 7.63. The average Bonchev–Trinajstić information content (AvgIpc) is 3.06. The van der Waals surface area contributed by atoms with Gasteiger partial charge in [-0.25, -0.2) is 4.79 Å². The molecule has 1 aromatic carbocycles. The Morgan fingerprint density at radius 2 is 1.84 bits per heavy atom. The van der Waals surface area contributed by atoms with Gasteiger partial charge in [-0.1, -0.05) is 24.3 Å². The van der Waals surface area contributed by atoms with Gasteiger partial charge in [0.1, 0.15) is 5.54 Å². The first-order valence-corrected chi connectivity index (χ1v) is 9.66. The third-order valence-corrected chi connectivity index (χ3v) is 7.57. The van der Waals surface area contributed by atoms with E-state index >= 15 is 0 Å². The molecule has 7 rings (SSSR count). The predicted molar refractivity (Wildman–Crippen MR) is 94.8 cm³/mol. The van der Waals surface area contributed by atoms with Crippen LogP contribution >= 0.6 is 0 Å². The predicted octanol–water partition coefficient (Wildman–Crippen LogP) is 0.870. The Morgan fingerprint density at radius 1 is 1.08 bits per heavy atom. The minimum absolute atomic E-state index is 0.0657. The number of carbonyl (C=O) groups is 1. The summed E-state index contributed by atoms with van der Waals surface area (Å²) in [5.41, 5.74) is 0.627. The summed E-state index contributed by atoms with van der Waals surface area (Å²) >= 11 is 0. The lowest BCUT2D eigenvalue weighted by Crippen LogP contribution is -2.58. The molecule has 4 bridgehead atoms. The second-order valence-corrected chi connectivity index (χ2v) is 9.14. The summed E-state index contributed by atoms with van der Waals surface area (Å²) in [5, 5.41) is 19.8. The summed E-state index contributed by atoms with van der Waals surface area (Å²) in [5.74, 6) is 2.30. The quantitative estimate of drug-likeness (QED) is 0.713. The van der Waals surface area contributed by atoms with Crippen LogP contribution in [0.4, 0.5) is 4.79 Å². The van der Waals surface area contributed by atoms with Crippen molar-refractivity contribution in [1.29, 1.82) is 0 Å². The normalized spacial score (nSPS) is 46.1. The molecule has 3 unspecified atom stereocenters. The number of amides is 2. The number of rotatable bonds is 1. The second-order valence-electron chi connectivity index (χ2n) is 9.14. The van der Waals surface area contributed by atoms with E-state index in [2.05, 4.69) is 41.0 Å². The van der Waals surface area contributed by atoms with Gasteiger partial charge in [0.2, 0.25) is 0 Å². The Bertz CT molecular complexity index is 891. The van der Waals surface area contributed by atoms with Crippen molar-refractivity contribution < 1.29 is 9.90 Å². The number of fused-ring (bicyclic) bond motifs is 1. The molecular weight excluding hydrogens is 312 g/mol. The molecule has 4 heteroatoms. The van der Waals surface area contributed by atoms with Crippen LogP contribution in [0, 0.1) is 23.7 Å². The van der Waals surface area contributed by atoms with Crippen molar-refractivity contribution in [3.8, 4) is 0 Å². The Morgan fingerprint density at radius 3 is 2.52 bits per heavy atom. The van der Waals surface area contributed by atoms with Crippen molar-refractivity contribution in [2.24, 2.45) is 23.7 Å². The minimum atomic E-state index is -0.417. The van der Waals surface area contributed by atoms with E-state index in [1.54, 1.807) is 0 Å². The highest BCUT2D eigenvalue weighted by Crippen LogP contribution is 2.61. The molecule has 1 heterocycles. The van der Waals surface area contributed by atoms with Crippen LogP contribution in [0.3, 0.4) is 0 Å². The SMILES string of the molecule is O=C1NCC2(C=c3ccccc3=C2C2C3CC4CC2CC(O)(C4)C3)N1. The molecule has 3 atom stereocenters. The molecule has 3 N–H and O–H groups in total. The van der Waals surface area contributed by atoms with Crippen LogP contribution in [0.25, 0.3) is 11.6 Å². The first kappa shape index (κ1) is 14.4. The molecule has 1 saturated heterocycles. The smallest absolute Gasteiger partial charge is 0.315 e. The van der Waals surface area contributed by atoms with Crippen molar-refractivity contribution in [2.75, 3.05) is 6.54 Å². The summed E-state index contributed by atoms with van der Waals surface area (Å²) < 4.78 is 0. The molecule has 1 aromatic rings. The van der Waals surface area contributed by atoms with Crippen LogP contribution in [0.1, 0.15) is 32.1 Å². The Labute approximate surface area is 147 Å². The molecule has 6 aliphatic rings. The Balaban J connectivity index is 1.55. The van der Waals surface area contributed by atoms with Gasteiger partial charge in [0, 0.05) is 0 Å². The van der Waals surface area contributed by atoms with Gasteiger partial charge in [0.25, 0.3) is 0 Å². The van der Waals surface area contributed by atoms with E-state index < -0.39 is 5.60 Å². The fourth-order valence-electron chi connectivity index (χ4n) is 7.14. The van der Waals surface area contributed by atoms with E-state index in [1.807, 2.05) is 0 Å². The lowest BCUT2D eigenvalue weighted by molar-refractivity contribution is -0.140. The maximum atomic E-state index is 12.0. The van der Waals surface area contributed by atoms with Crippen molar-refractivity contribution >= 4 is 17.7 Å². The van der Waals surface area contributed by atoms with Crippen LogP contribution in [0.2, 0.25) is 0 Å². The number of urea groups is 1. The van der Waals surface area contributed by atoms with E-state index in [-0.39, 0.29) is 11.6 Å². The Hall–Kier alpha value is -1.81. The fourth-order valence-corrected chi connectivity index (χ4v) is 7.14. The van der Waals surface area contributed by atoms with Crippen molar-refractivity contribution in [3.63, 3.8) is 0 Å². The molecule has 0 radical (unpaired) electrons. The van der Waals surface area contributed by atoms with Gasteiger partial charge in [-0.2, -0.15) is 0 Å². The molecular formula is C21H24N2O2. The number of hydrogen-bond donors (Lipinski definition) is 3. The van der Waals surface area contributed by atoms with Crippen LogP contribution in [0.5, 0.6) is 0 Å². The average molecular weight is 336 g/mol. The Kier molecular flexibility index (Phi) is 2.57. The lowest BCUT2D eigenvalue weighted by atomic mass is 9.48. The number of benzene rings is 1. The van der Waals surface area contributed by atoms with E-state index in [0.29, 0.717) is 30.2 Å². The molecule has 4 saturated carbocycles. The summed E-state index contributed by atoms with van der Waals surface area (Å²) in [6, 6.07) is 8.51. The zero-order chi connectivity index (χ0) is 16.8.